The zero-order valence-corrected chi connectivity index (χ0v) is 13.0. The Morgan fingerprint density at radius 1 is 1.00 bits per heavy atom. The molecule has 2 heterocycles. The smallest absolute Gasteiger partial charge is 0.407 e. The minimum absolute atomic E-state index is 0.143. The molecule has 0 bridgehead atoms. The highest BCUT2D eigenvalue weighted by Gasteiger charge is 2.37. The highest BCUT2D eigenvalue weighted by Crippen LogP contribution is 2.34. The van der Waals surface area contributed by atoms with Crippen LogP contribution < -0.4 is 5.73 Å². The number of fused-ring (bicyclic) bond motifs is 3. The molecule has 1 amide bonds. The van der Waals surface area contributed by atoms with Crippen LogP contribution in [0.3, 0.4) is 0 Å². The Morgan fingerprint density at radius 2 is 1.54 bits per heavy atom. The van der Waals surface area contributed by atoms with Gasteiger partial charge in [0.2, 0.25) is 0 Å². The van der Waals surface area contributed by atoms with E-state index >= 15 is 0 Å². The molecule has 0 spiro atoms. The molecular weight excluding hydrogens is 306 g/mol. The standard InChI is InChI=1S/C18H19N3O3/c19-13-9-20(18(23)24)10-16(17(13)22)21-14-7-3-1-5-11(14)12-6-2-4-8-15(12)21/h1-8,13,16-17,22H,9-10,19H2,(H,23,24). The van der Waals surface area contributed by atoms with E-state index in [2.05, 4.69) is 0 Å². The third kappa shape index (κ3) is 2.15. The van der Waals surface area contributed by atoms with Crippen LogP contribution in [0, 0.1) is 0 Å². The van der Waals surface area contributed by atoms with Gasteiger partial charge in [-0.1, -0.05) is 36.4 Å². The van der Waals surface area contributed by atoms with E-state index in [-0.39, 0.29) is 13.1 Å². The van der Waals surface area contributed by atoms with E-state index in [0.717, 1.165) is 21.8 Å². The van der Waals surface area contributed by atoms with Crippen LogP contribution in [0.15, 0.2) is 48.5 Å². The molecule has 6 heteroatoms. The Balaban J connectivity index is 1.95. The maximum atomic E-state index is 11.4. The number of aromatic nitrogens is 1. The van der Waals surface area contributed by atoms with E-state index in [4.69, 9.17) is 5.73 Å². The van der Waals surface area contributed by atoms with Crippen LogP contribution in [0.1, 0.15) is 6.04 Å². The van der Waals surface area contributed by atoms with Crippen molar-refractivity contribution in [1.82, 2.24) is 9.47 Å². The van der Waals surface area contributed by atoms with Crippen LogP contribution in [0.25, 0.3) is 21.8 Å². The van der Waals surface area contributed by atoms with Crippen molar-refractivity contribution >= 4 is 27.9 Å². The fourth-order valence-electron chi connectivity index (χ4n) is 3.76. The van der Waals surface area contributed by atoms with Gasteiger partial charge < -0.3 is 25.4 Å². The Hall–Kier alpha value is -2.57. The van der Waals surface area contributed by atoms with Crippen LogP contribution in [-0.2, 0) is 0 Å². The number of likely N-dealkylation sites (tertiary alicyclic amines) is 1. The largest absolute Gasteiger partial charge is 0.465 e. The molecule has 4 N–H and O–H groups in total. The summed E-state index contributed by atoms with van der Waals surface area (Å²) in [7, 11) is 0. The first-order valence-electron chi connectivity index (χ1n) is 7.97. The highest BCUT2D eigenvalue weighted by atomic mass is 16.4. The highest BCUT2D eigenvalue weighted by molar-refractivity contribution is 6.08. The van der Waals surface area contributed by atoms with Crippen LogP contribution >= 0.6 is 0 Å². The Kier molecular flexibility index (Phi) is 3.44. The monoisotopic (exact) mass is 325 g/mol. The molecule has 2 aromatic carbocycles. The summed E-state index contributed by atoms with van der Waals surface area (Å²) < 4.78 is 2.03. The molecular formula is C18H19N3O3. The fourth-order valence-corrected chi connectivity index (χ4v) is 3.76. The summed E-state index contributed by atoms with van der Waals surface area (Å²) in [6, 6.07) is 14.9. The number of benzene rings is 2. The summed E-state index contributed by atoms with van der Waals surface area (Å²) >= 11 is 0. The summed E-state index contributed by atoms with van der Waals surface area (Å²) in [6.45, 7) is 0.358. The lowest BCUT2D eigenvalue weighted by Crippen LogP contribution is -2.57. The van der Waals surface area contributed by atoms with Crippen LogP contribution in [0.2, 0.25) is 0 Å². The van der Waals surface area contributed by atoms with E-state index < -0.39 is 24.3 Å². The van der Waals surface area contributed by atoms with Gasteiger partial charge in [0.05, 0.1) is 18.2 Å². The molecule has 4 rings (SSSR count). The SMILES string of the molecule is NC1CN(C(=O)O)CC(n2c3ccccc3c3ccccc32)C1O. The summed E-state index contributed by atoms with van der Waals surface area (Å²) in [6.07, 6.45) is -1.82. The molecule has 1 aliphatic rings. The summed E-state index contributed by atoms with van der Waals surface area (Å²) in [4.78, 5) is 12.7. The lowest BCUT2D eigenvalue weighted by atomic mass is 9.97. The van der Waals surface area contributed by atoms with E-state index in [1.165, 1.54) is 4.90 Å². The molecule has 24 heavy (non-hydrogen) atoms. The molecule has 3 unspecified atom stereocenters. The van der Waals surface area contributed by atoms with Gasteiger partial charge in [-0.3, -0.25) is 0 Å². The Labute approximate surface area is 138 Å². The first-order chi connectivity index (χ1) is 11.6. The number of rotatable bonds is 1. The average molecular weight is 325 g/mol. The van der Waals surface area contributed by atoms with Crippen LogP contribution in [0.4, 0.5) is 4.79 Å². The van der Waals surface area contributed by atoms with Crippen molar-refractivity contribution in [2.24, 2.45) is 5.73 Å². The average Bonchev–Trinajstić information content (AvgIpc) is 2.92. The minimum atomic E-state index is -1.01. The van der Waals surface area contributed by atoms with Gasteiger partial charge in [0.15, 0.2) is 0 Å². The maximum absolute atomic E-state index is 11.4. The topological polar surface area (TPSA) is 91.7 Å². The lowest BCUT2D eigenvalue weighted by Gasteiger charge is -2.39. The number of aliphatic hydroxyl groups is 1. The normalized spacial score (nSPS) is 24.6. The van der Waals surface area contributed by atoms with Gasteiger partial charge in [-0.2, -0.15) is 0 Å². The predicted molar refractivity (Wildman–Crippen MR) is 92.1 cm³/mol. The molecule has 3 aromatic rings. The van der Waals surface area contributed by atoms with Crippen LogP contribution in [0.5, 0.6) is 0 Å². The number of para-hydroxylation sites is 2. The quantitative estimate of drug-likeness (QED) is 0.638. The number of carbonyl (C=O) groups is 1. The van der Waals surface area contributed by atoms with Crippen molar-refractivity contribution in [3.63, 3.8) is 0 Å². The van der Waals surface area contributed by atoms with Gasteiger partial charge in [-0.15, -0.1) is 0 Å². The summed E-state index contributed by atoms with van der Waals surface area (Å²) in [5, 5.41) is 22.2. The van der Waals surface area contributed by atoms with E-state index in [1.54, 1.807) is 0 Å². The molecule has 0 radical (unpaired) electrons. The third-order valence-corrected chi connectivity index (χ3v) is 4.89. The first-order valence-corrected chi connectivity index (χ1v) is 7.97. The van der Waals surface area contributed by atoms with Crippen LogP contribution in [-0.4, -0.2) is 51.0 Å². The van der Waals surface area contributed by atoms with Crippen molar-refractivity contribution < 1.29 is 15.0 Å². The second-order valence-corrected chi connectivity index (χ2v) is 6.31. The minimum Gasteiger partial charge on any atom is -0.465 e. The van der Waals surface area contributed by atoms with Crippen molar-refractivity contribution in [3.05, 3.63) is 48.5 Å². The van der Waals surface area contributed by atoms with Gasteiger partial charge in [0.25, 0.3) is 0 Å². The van der Waals surface area contributed by atoms with Crippen molar-refractivity contribution in [2.45, 2.75) is 18.2 Å². The predicted octanol–water partition coefficient (Wildman–Crippen LogP) is 2.02. The Bertz CT molecular complexity index is 867. The number of hydrogen-bond donors (Lipinski definition) is 3. The first kappa shape index (κ1) is 15.0. The molecule has 0 saturated carbocycles. The van der Waals surface area contributed by atoms with Gasteiger partial charge in [0.1, 0.15) is 0 Å². The number of piperidine rings is 1. The molecule has 6 nitrogen and oxygen atoms in total. The maximum Gasteiger partial charge on any atom is 0.407 e. The van der Waals surface area contributed by atoms with Gasteiger partial charge in [-0.25, -0.2) is 4.79 Å². The molecule has 3 atom stereocenters. The fraction of sp³-hybridized carbons (Fsp3) is 0.278. The summed E-state index contributed by atoms with van der Waals surface area (Å²) in [5.74, 6) is 0. The number of nitrogens with zero attached hydrogens (tertiary/aromatic N) is 2. The van der Waals surface area contributed by atoms with Gasteiger partial charge in [-0.05, 0) is 12.1 Å². The van der Waals surface area contributed by atoms with E-state index in [9.17, 15) is 15.0 Å². The zero-order valence-electron chi connectivity index (χ0n) is 13.0. The number of hydrogen-bond acceptors (Lipinski definition) is 3. The van der Waals surface area contributed by atoms with Gasteiger partial charge >= 0.3 is 6.09 Å². The van der Waals surface area contributed by atoms with Gasteiger partial charge in [0, 0.05) is 34.9 Å². The molecule has 124 valence electrons. The van der Waals surface area contributed by atoms with Crippen molar-refractivity contribution in [3.8, 4) is 0 Å². The Morgan fingerprint density at radius 3 is 2.08 bits per heavy atom. The molecule has 1 aromatic heterocycles. The molecule has 0 aliphatic carbocycles. The zero-order chi connectivity index (χ0) is 16.8. The number of nitrogens with two attached hydrogens (primary N) is 1. The van der Waals surface area contributed by atoms with Crippen molar-refractivity contribution in [1.29, 1.82) is 0 Å². The second-order valence-electron chi connectivity index (χ2n) is 6.31. The van der Waals surface area contributed by atoms with E-state index in [0.29, 0.717) is 0 Å². The summed E-state index contributed by atoms with van der Waals surface area (Å²) in [5.41, 5.74) is 7.97. The molecule has 1 aliphatic heterocycles. The molecule has 1 fully saturated rings. The van der Waals surface area contributed by atoms with E-state index in [1.807, 2.05) is 53.1 Å². The van der Waals surface area contributed by atoms with Crippen molar-refractivity contribution in [2.75, 3.05) is 13.1 Å². The molecule has 1 saturated heterocycles. The number of aliphatic hydroxyl groups excluding tert-OH is 1. The number of amides is 1. The number of carboxylic acid groups (broad SMARTS) is 1. The second kappa shape index (κ2) is 5.51. The lowest BCUT2D eigenvalue weighted by molar-refractivity contribution is 0.0221. The third-order valence-electron chi connectivity index (χ3n) is 4.89.